The van der Waals surface area contributed by atoms with Gasteiger partial charge in [-0.05, 0) is 198 Å². The van der Waals surface area contributed by atoms with E-state index in [9.17, 15) is 10.5 Å². The van der Waals surface area contributed by atoms with Gasteiger partial charge in [0.1, 0.15) is 0 Å². The van der Waals surface area contributed by atoms with Crippen LogP contribution >= 0.6 is 0 Å². The molecule has 0 fully saturated rings. The number of nitriles is 2. The van der Waals surface area contributed by atoms with E-state index >= 15 is 0 Å². The van der Waals surface area contributed by atoms with Crippen LogP contribution in [-0.2, 0) is 5.41 Å². The number of rotatable bonds is 8. The normalized spacial score (nSPS) is 13.1. The Balaban J connectivity index is 1.22. The maximum absolute atomic E-state index is 9.74. The maximum atomic E-state index is 9.74. The Kier molecular flexibility index (Phi) is 11.0. The van der Waals surface area contributed by atoms with E-state index in [0.717, 1.165) is 34.1 Å². The Morgan fingerprint density at radius 1 is 0.420 bits per heavy atom. The zero-order valence-corrected chi connectivity index (χ0v) is 41.6. The van der Waals surface area contributed by atoms with Crippen LogP contribution in [0.15, 0.2) is 170 Å². The van der Waals surface area contributed by atoms with Gasteiger partial charge < -0.3 is 9.80 Å². The van der Waals surface area contributed by atoms with E-state index in [1.165, 1.54) is 65.7 Å². The quantitative estimate of drug-likeness (QED) is 0.143. The molecular formula is C65H60N4. The Morgan fingerprint density at radius 2 is 0.855 bits per heavy atom. The van der Waals surface area contributed by atoms with Gasteiger partial charge in [-0.3, -0.25) is 0 Å². The molecule has 0 bridgehead atoms. The predicted octanol–water partition coefficient (Wildman–Crippen LogP) is 18.4. The number of fused-ring (bicyclic) bond motifs is 9. The maximum Gasteiger partial charge on any atom is 0.0991 e. The average Bonchev–Trinajstić information content (AvgIpc) is 3.66. The second-order valence-electron chi connectivity index (χ2n) is 21.7. The van der Waals surface area contributed by atoms with Gasteiger partial charge in [0, 0.05) is 39.5 Å². The van der Waals surface area contributed by atoms with Crippen molar-refractivity contribution in [3.8, 4) is 23.3 Å². The molecule has 0 amide bonds. The summed E-state index contributed by atoms with van der Waals surface area (Å²) in [6, 6.07) is 66.3. The highest BCUT2D eigenvalue weighted by atomic mass is 15.1. The number of hydrogen-bond donors (Lipinski definition) is 0. The summed E-state index contributed by atoms with van der Waals surface area (Å²) in [5.41, 5.74) is 14.6. The Bertz CT molecular complexity index is 3500. The fourth-order valence-corrected chi connectivity index (χ4v) is 12.0. The van der Waals surface area contributed by atoms with Crippen molar-refractivity contribution in [1.29, 1.82) is 10.5 Å². The third-order valence-corrected chi connectivity index (χ3v) is 14.9. The topological polar surface area (TPSA) is 54.1 Å². The monoisotopic (exact) mass is 896 g/mol. The Hall–Kier alpha value is -7.66. The Labute approximate surface area is 408 Å². The van der Waals surface area contributed by atoms with E-state index < -0.39 is 5.41 Å². The molecule has 1 aliphatic carbocycles. The molecule has 0 N–H and O–H groups in total. The van der Waals surface area contributed by atoms with Gasteiger partial charge in [-0.1, -0.05) is 130 Å². The summed E-state index contributed by atoms with van der Waals surface area (Å²) >= 11 is 0. The molecule has 0 aliphatic heterocycles. The first-order valence-corrected chi connectivity index (χ1v) is 24.4. The molecule has 0 unspecified atom stereocenters. The SMILES string of the molecule is CC(C)c1ccc(N(c2ccc(C#N)cc2)c2ccc3cc4c(cc3c2)C(C(C)(C)C)(C(C)(C)C)c2c-4c3ccccc3c3cc(N(c4ccc(C#N)cc4)c4ccc(C(C)C)cc4)ccc23)cc1. The first-order valence-electron chi connectivity index (χ1n) is 24.4. The van der Waals surface area contributed by atoms with Gasteiger partial charge in [0.05, 0.1) is 23.3 Å². The third kappa shape index (κ3) is 7.33. The summed E-state index contributed by atoms with van der Waals surface area (Å²) < 4.78 is 0. The van der Waals surface area contributed by atoms with E-state index in [-0.39, 0.29) is 10.8 Å². The lowest BCUT2D eigenvalue weighted by atomic mass is 9.49. The number of hydrogen-bond acceptors (Lipinski definition) is 4. The molecule has 0 heterocycles. The van der Waals surface area contributed by atoms with Crippen molar-refractivity contribution in [2.45, 2.75) is 86.5 Å². The molecule has 0 radical (unpaired) electrons. The summed E-state index contributed by atoms with van der Waals surface area (Å²) in [5, 5.41) is 26.8. The lowest BCUT2D eigenvalue weighted by Gasteiger charge is -2.53. The molecule has 10 rings (SSSR count). The van der Waals surface area contributed by atoms with Crippen LogP contribution in [-0.4, -0.2) is 0 Å². The minimum absolute atomic E-state index is 0.218. The summed E-state index contributed by atoms with van der Waals surface area (Å²) in [6.07, 6.45) is 0. The molecule has 0 saturated heterocycles. The van der Waals surface area contributed by atoms with Crippen LogP contribution in [0.3, 0.4) is 0 Å². The van der Waals surface area contributed by atoms with Gasteiger partial charge in [0.25, 0.3) is 0 Å². The second-order valence-corrected chi connectivity index (χ2v) is 21.7. The summed E-state index contributed by atoms with van der Waals surface area (Å²) in [7, 11) is 0. The van der Waals surface area contributed by atoms with Crippen LogP contribution < -0.4 is 9.80 Å². The van der Waals surface area contributed by atoms with E-state index in [0.29, 0.717) is 23.0 Å². The van der Waals surface area contributed by atoms with Crippen LogP contribution in [0.2, 0.25) is 0 Å². The number of nitrogens with zero attached hydrogens (tertiary/aromatic N) is 4. The van der Waals surface area contributed by atoms with Gasteiger partial charge in [-0.2, -0.15) is 10.5 Å². The van der Waals surface area contributed by atoms with Crippen molar-refractivity contribution in [3.05, 3.63) is 203 Å². The fraction of sp³-hybridized carbons (Fsp3) is 0.231. The van der Waals surface area contributed by atoms with Crippen molar-refractivity contribution >= 4 is 66.4 Å². The average molecular weight is 897 g/mol. The van der Waals surface area contributed by atoms with E-state index in [4.69, 9.17) is 0 Å². The molecule has 4 heteroatoms. The molecule has 4 nitrogen and oxygen atoms in total. The van der Waals surface area contributed by atoms with E-state index in [1.807, 2.05) is 24.3 Å². The molecule has 9 aromatic carbocycles. The van der Waals surface area contributed by atoms with Gasteiger partial charge in [-0.15, -0.1) is 0 Å². The second kappa shape index (κ2) is 16.8. The fourth-order valence-electron chi connectivity index (χ4n) is 12.0. The molecule has 0 spiro atoms. The van der Waals surface area contributed by atoms with Crippen molar-refractivity contribution in [3.63, 3.8) is 0 Å². The third-order valence-electron chi connectivity index (χ3n) is 14.9. The van der Waals surface area contributed by atoms with Crippen molar-refractivity contribution in [1.82, 2.24) is 0 Å². The molecule has 0 aromatic heterocycles. The van der Waals surface area contributed by atoms with Crippen molar-refractivity contribution in [2.75, 3.05) is 9.80 Å². The molecule has 9 aromatic rings. The van der Waals surface area contributed by atoms with E-state index in [1.54, 1.807) is 0 Å². The van der Waals surface area contributed by atoms with Crippen LogP contribution in [0, 0.1) is 33.5 Å². The zero-order chi connectivity index (χ0) is 48.6. The lowest BCUT2D eigenvalue weighted by Crippen LogP contribution is -2.50. The number of anilines is 6. The molecule has 1 aliphatic rings. The van der Waals surface area contributed by atoms with Gasteiger partial charge in [0.15, 0.2) is 0 Å². The minimum Gasteiger partial charge on any atom is -0.310 e. The zero-order valence-electron chi connectivity index (χ0n) is 41.6. The summed E-state index contributed by atoms with van der Waals surface area (Å²) in [6.45, 7) is 23.5. The van der Waals surface area contributed by atoms with Crippen LogP contribution in [0.1, 0.15) is 114 Å². The standard InChI is InChI=1S/C65H60N4/c1-41(2)45-19-28-51(29-20-45)68(49-24-15-43(39-66)16-25-49)53-32-23-47-36-59-60(37-48(47)35-53)65(63(5,6)7,64(8,9)10)62-57-34-33-54(38-58(57)55-13-11-12-14-56(55)61(59)62)69(50-26-17-44(40-67)18-27-50)52-30-21-46(22-31-52)42(3)4/h11-38,41-42H,1-10H3. The summed E-state index contributed by atoms with van der Waals surface area (Å²) in [5.74, 6) is 0.843. The van der Waals surface area contributed by atoms with Crippen LogP contribution in [0.5, 0.6) is 0 Å². The minimum atomic E-state index is -0.419. The van der Waals surface area contributed by atoms with Gasteiger partial charge >= 0.3 is 0 Å². The Morgan fingerprint density at radius 3 is 1.32 bits per heavy atom. The van der Waals surface area contributed by atoms with Crippen LogP contribution in [0.25, 0.3) is 43.4 Å². The first-order chi connectivity index (χ1) is 33.0. The van der Waals surface area contributed by atoms with Gasteiger partial charge in [-0.25, -0.2) is 0 Å². The highest BCUT2D eigenvalue weighted by Gasteiger charge is 2.58. The van der Waals surface area contributed by atoms with Crippen molar-refractivity contribution < 1.29 is 0 Å². The number of benzene rings is 9. The molecule has 0 atom stereocenters. The smallest absolute Gasteiger partial charge is 0.0991 e. The van der Waals surface area contributed by atoms with E-state index in [2.05, 4.69) is 237 Å². The first kappa shape index (κ1) is 45.1. The van der Waals surface area contributed by atoms with Gasteiger partial charge in [0.2, 0.25) is 0 Å². The largest absolute Gasteiger partial charge is 0.310 e. The molecular weight excluding hydrogens is 837 g/mol. The summed E-state index contributed by atoms with van der Waals surface area (Å²) in [4.78, 5) is 4.64. The lowest BCUT2D eigenvalue weighted by molar-refractivity contribution is 0.0965. The van der Waals surface area contributed by atoms with Crippen molar-refractivity contribution in [2.24, 2.45) is 10.8 Å². The molecule has 340 valence electrons. The predicted molar refractivity (Wildman–Crippen MR) is 291 cm³/mol. The molecule has 0 saturated carbocycles. The molecule has 69 heavy (non-hydrogen) atoms. The highest BCUT2D eigenvalue weighted by molar-refractivity contribution is 6.20. The highest BCUT2D eigenvalue weighted by Crippen LogP contribution is 2.68. The van der Waals surface area contributed by atoms with Crippen LogP contribution in [0.4, 0.5) is 34.1 Å².